The Morgan fingerprint density at radius 3 is 2.71 bits per heavy atom. The number of likely N-dealkylation sites (tertiary alicyclic amines) is 1. The number of furan rings is 1. The third kappa shape index (κ3) is 6.10. The van der Waals surface area contributed by atoms with Crippen LogP contribution in [0.1, 0.15) is 37.1 Å². The highest BCUT2D eigenvalue weighted by Crippen LogP contribution is 2.24. The van der Waals surface area contributed by atoms with Crippen LogP contribution in [-0.4, -0.2) is 42.1 Å². The summed E-state index contributed by atoms with van der Waals surface area (Å²) in [5.41, 5.74) is 0.699. The SMILES string of the molecule is CCNC(=NCc1ccc(O)c(F)c1)NCC(c1ccco1)N1CCCC1.I. The number of guanidine groups is 1. The first kappa shape index (κ1) is 22.5. The molecule has 3 N–H and O–H groups in total. The number of benzene rings is 1. The zero-order valence-corrected chi connectivity index (χ0v) is 18.4. The van der Waals surface area contributed by atoms with E-state index >= 15 is 0 Å². The van der Waals surface area contributed by atoms with Crippen molar-refractivity contribution in [2.75, 3.05) is 26.2 Å². The van der Waals surface area contributed by atoms with Crippen molar-refractivity contribution in [3.05, 3.63) is 53.7 Å². The summed E-state index contributed by atoms with van der Waals surface area (Å²) in [4.78, 5) is 6.95. The summed E-state index contributed by atoms with van der Waals surface area (Å²) < 4.78 is 19.1. The highest BCUT2D eigenvalue weighted by molar-refractivity contribution is 14.0. The van der Waals surface area contributed by atoms with Crippen LogP contribution in [0.15, 0.2) is 46.0 Å². The second-order valence-corrected chi connectivity index (χ2v) is 6.64. The van der Waals surface area contributed by atoms with E-state index < -0.39 is 5.82 Å². The Balaban J connectivity index is 0.00000280. The molecule has 1 aromatic heterocycles. The number of nitrogens with one attached hydrogen (secondary N) is 2. The number of nitrogens with zero attached hydrogens (tertiary/aromatic N) is 2. The minimum Gasteiger partial charge on any atom is -0.505 e. The Morgan fingerprint density at radius 2 is 2.07 bits per heavy atom. The lowest BCUT2D eigenvalue weighted by Gasteiger charge is -2.26. The van der Waals surface area contributed by atoms with Gasteiger partial charge < -0.3 is 20.2 Å². The normalized spacial score (nSPS) is 15.9. The quantitative estimate of drug-likeness (QED) is 0.307. The molecule has 154 valence electrons. The standard InChI is InChI=1S/C20H27FN4O2.HI/c1-2-22-20(23-13-15-7-8-18(26)16(21)12-15)24-14-17(19-6-5-11-27-19)25-9-3-4-10-25;/h5-8,11-12,17,26H,2-4,9-10,13-14H2,1H3,(H2,22,23,24);1H. The number of aliphatic imine (C=N–C) groups is 1. The number of phenolic OH excluding ortho intramolecular Hbond substituents is 1. The van der Waals surface area contributed by atoms with E-state index in [-0.39, 0.29) is 35.8 Å². The zero-order valence-electron chi connectivity index (χ0n) is 16.0. The van der Waals surface area contributed by atoms with Crippen molar-refractivity contribution in [1.82, 2.24) is 15.5 Å². The van der Waals surface area contributed by atoms with Crippen molar-refractivity contribution in [3.63, 3.8) is 0 Å². The molecule has 1 fully saturated rings. The third-order valence-electron chi connectivity index (χ3n) is 4.69. The molecule has 1 aliphatic rings. The largest absolute Gasteiger partial charge is 0.505 e. The van der Waals surface area contributed by atoms with Gasteiger partial charge in [-0.25, -0.2) is 9.38 Å². The van der Waals surface area contributed by atoms with Crippen LogP contribution in [-0.2, 0) is 6.54 Å². The Kier molecular flexibility index (Phi) is 9.04. The number of rotatable bonds is 7. The number of hydrogen-bond acceptors (Lipinski definition) is 4. The van der Waals surface area contributed by atoms with Gasteiger partial charge in [0, 0.05) is 13.1 Å². The predicted molar refractivity (Wildman–Crippen MR) is 119 cm³/mol. The van der Waals surface area contributed by atoms with Gasteiger partial charge in [0.05, 0.1) is 18.8 Å². The van der Waals surface area contributed by atoms with Gasteiger partial charge in [-0.05, 0) is 62.7 Å². The molecule has 0 bridgehead atoms. The summed E-state index contributed by atoms with van der Waals surface area (Å²) in [6, 6.07) is 8.39. The number of phenols is 1. The molecular weight excluding hydrogens is 474 g/mol. The molecule has 1 aliphatic heterocycles. The molecule has 1 saturated heterocycles. The highest BCUT2D eigenvalue weighted by atomic mass is 127. The van der Waals surface area contributed by atoms with Gasteiger partial charge in [-0.3, -0.25) is 4.90 Å². The van der Waals surface area contributed by atoms with Crippen molar-refractivity contribution >= 4 is 29.9 Å². The molecular formula is C20H28FIN4O2. The van der Waals surface area contributed by atoms with Crippen LogP contribution >= 0.6 is 24.0 Å². The van der Waals surface area contributed by atoms with Crippen LogP contribution in [0.3, 0.4) is 0 Å². The molecule has 3 rings (SSSR count). The Morgan fingerprint density at radius 1 is 1.29 bits per heavy atom. The minimum atomic E-state index is -0.632. The first-order valence-corrected chi connectivity index (χ1v) is 9.44. The van der Waals surface area contributed by atoms with E-state index in [1.165, 1.54) is 25.0 Å². The van der Waals surface area contributed by atoms with Crippen LogP contribution in [0, 0.1) is 5.82 Å². The molecule has 2 aromatic rings. The molecule has 0 spiro atoms. The van der Waals surface area contributed by atoms with E-state index in [9.17, 15) is 9.50 Å². The van der Waals surface area contributed by atoms with E-state index in [0.717, 1.165) is 25.4 Å². The summed E-state index contributed by atoms with van der Waals surface area (Å²) in [5.74, 6) is 0.634. The second-order valence-electron chi connectivity index (χ2n) is 6.64. The fourth-order valence-corrected chi connectivity index (χ4v) is 3.30. The maximum atomic E-state index is 13.5. The number of aromatic hydroxyl groups is 1. The zero-order chi connectivity index (χ0) is 19.1. The van der Waals surface area contributed by atoms with Crippen LogP contribution < -0.4 is 10.6 Å². The minimum absolute atomic E-state index is 0. The van der Waals surface area contributed by atoms with Crippen LogP contribution in [0.2, 0.25) is 0 Å². The van der Waals surface area contributed by atoms with Gasteiger partial charge in [-0.15, -0.1) is 24.0 Å². The fourth-order valence-electron chi connectivity index (χ4n) is 3.30. The number of hydrogen-bond donors (Lipinski definition) is 3. The van der Waals surface area contributed by atoms with E-state index in [0.29, 0.717) is 24.6 Å². The summed E-state index contributed by atoms with van der Waals surface area (Å²) in [5, 5.41) is 15.9. The maximum Gasteiger partial charge on any atom is 0.191 e. The first-order valence-electron chi connectivity index (χ1n) is 9.44. The van der Waals surface area contributed by atoms with E-state index in [4.69, 9.17) is 4.42 Å². The topological polar surface area (TPSA) is 73.0 Å². The molecule has 0 aliphatic carbocycles. The van der Waals surface area contributed by atoms with Crippen molar-refractivity contribution in [2.24, 2.45) is 4.99 Å². The second kappa shape index (κ2) is 11.3. The maximum absolute atomic E-state index is 13.5. The molecule has 0 saturated carbocycles. The van der Waals surface area contributed by atoms with E-state index in [2.05, 4.69) is 20.5 Å². The van der Waals surface area contributed by atoms with Gasteiger partial charge in [-0.1, -0.05) is 6.07 Å². The third-order valence-corrected chi connectivity index (χ3v) is 4.69. The average molecular weight is 502 g/mol. The predicted octanol–water partition coefficient (Wildman–Crippen LogP) is 3.63. The van der Waals surface area contributed by atoms with Crippen LogP contribution in [0.25, 0.3) is 0 Å². The Labute approximate surface area is 182 Å². The molecule has 1 unspecified atom stereocenters. The van der Waals surface area contributed by atoms with Crippen molar-refractivity contribution in [1.29, 1.82) is 0 Å². The van der Waals surface area contributed by atoms with Gasteiger partial charge in [0.15, 0.2) is 17.5 Å². The summed E-state index contributed by atoms with van der Waals surface area (Å²) in [7, 11) is 0. The lowest BCUT2D eigenvalue weighted by molar-refractivity contribution is 0.215. The van der Waals surface area contributed by atoms with Gasteiger partial charge in [0.1, 0.15) is 5.76 Å². The van der Waals surface area contributed by atoms with Gasteiger partial charge in [0.2, 0.25) is 0 Å². The van der Waals surface area contributed by atoms with Gasteiger partial charge in [0.25, 0.3) is 0 Å². The molecule has 8 heteroatoms. The van der Waals surface area contributed by atoms with Crippen LogP contribution in [0.5, 0.6) is 5.75 Å². The average Bonchev–Trinajstić information content (AvgIpc) is 3.37. The monoisotopic (exact) mass is 502 g/mol. The molecule has 28 heavy (non-hydrogen) atoms. The lowest BCUT2D eigenvalue weighted by atomic mass is 10.2. The first-order chi connectivity index (χ1) is 13.2. The summed E-state index contributed by atoms with van der Waals surface area (Å²) >= 11 is 0. The molecule has 6 nitrogen and oxygen atoms in total. The number of halogens is 2. The Hall–Kier alpha value is -1.81. The molecule has 1 atom stereocenters. The Bertz CT molecular complexity index is 749. The van der Waals surface area contributed by atoms with E-state index in [1.807, 2.05) is 19.1 Å². The van der Waals surface area contributed by atoms with Gasteiger partial charge in [-0.2, -0.15) is 0 Å². The molecule has 0 amide bonds. The fraction of sp³-hybridized carbons (Fsp3) is 0.450. The molecule has 1 aromatic carbocycles. The van der Waals surface area contributed by atoms with Crippen molar-refractivity contribution in [3.8, 4) is 5.75 Å². The van der Waals surface area contributed by atoms with Crippen molar-refractivity contribution in [2.45, 2.75) is 32.4 Å². The molecule has 0 radical (unpaired) electrons. The lowest BCUT2D eigenvalue weighted by Crippen LogP contribution is -2.42. The van der Waals surface area contributed by atoms with Crippen LogP contribution in [0.4, 0.5) is 4.39 Å². The molecule has 2 heterocycles. The summed E-state index contributed by atoms with van der Waals surface area (Å²) in [6.07, 6.45) is 4.12. The van der Waals surface area contributed by atoms with E-state index in [1.54, 1.807) is 12.3 Å². The smallest absolute Gasteiger partial charge is 0.191 e. The summed E-state index contributed by atoms with van der Waals surface area (Å²) in [6.45, 7) is 5.85. The highest BCUT2D eigenvalue weighted by Gasteiger charge is 2.25. The van der Waals surface area contributed by atoms with Crippen molar-refractivity contribution < 1.29 is 13.9 Å². The van der Waals surface area contributed by atoms with Gasteiger partial charge >= 0.3 is 0 Å².